The number of aliphatic hydroxyl groups excluding tert-OH is 1. The van der Waals surface area contributed by atoms with Crippen molar-refractivity contribution in [3.63, 3.8) is 0 Å². The summed E-state index contributed by atoms with van der Waals surface area (Å²) in [4.78, 5) is 37.2. The predicted molar refractivity (Wildman–Crippen MR) is 99.3 cm³/mol. The Morgan fingerprint density at radius 1 is 1.04 bits per heavy atom. The number of carbonyl (C=O) groups is 3. The van der Waals surface area contributed by atoms with Crippen LogP contribution in [0.25, 0.3) is 5.76 Å². The molecule has 0 bridgehead atoms. The minimum atomic E-state index is -1.26. The molecule has 2 N–H and O–H groups in total. The van der Waals surface area contributed by atoms with Crippen LogP contribution in [-0.2, 0) is 14.4 Å². The van der Waals surface area contributed by atoms with Crippen LogP contribution in [0.3, 0.4) is 0 Å². The quantitative estimate of drug-likeness (QED) is 0.479. The minimum absolute atomic E-state index is 0.146. The van der Waals surface area contributed by atoms with Crippen LogP contribution >= 0.6 is 11.6 Å². The highest BCUT2D eigenvalue weighted by Gasteiger charge is 2.46. The zero-order valence-corrected chi connectivity index (χ0v) is 15.1. The largest absolute Gasteiger partial charge is 0.507 e. The molecule has 0 radical (unpaired) electrons. The number of nitrogens with zero attached hydrogens (tertiary/aromatic N) is 1. The van der Waals surface area contributed by atoms with Crippen LogP contribution in [0.1, 0.15) is 22.7 Å². The summed E-state index contributed by atoms with van der Waals surface area (Å²) in [5.41, 5.74) is 1.67. The number of aryl methyl sites for hydroxylation is 1. The lowest BCUT2D eigenvalue weighted by atomic mass is 9.95. The topological polar surface area (TPSA) is 94.9 Å². The fraction of sp³-hybridized carbons (Fsp3) is 0.150. The SMILES string of the molecule is Cc1ccc(/C(O)=C2/C(=O)C(=O)N(CC(=O)O)C2c2ccc(Cl)cc2)cc1. The lowest BCUT2D eigenvalue weighted by Gasteiger charge is -2.23. The van der Waals surface area contributed by atoms with Crippen LogP contribution in [0.15, 0.2) is 54.1 Å². The van der Waals surface area contributed by atoms with Crippen molar-refractivity contribution in [2.45, 2.75) is 13.0 Å². The van der Waals surface area contributed by atoms with Crippen LogP contribution in [-0.4, -0.2) is 39.3 Å². The molecule has 1 atom stereocenters. The Balaban J connectivity index is 2.19. The number of carbonyl (C=O) groups excluding carboxylic acids is 2. The number of rotatable bonds is 4. The van der Waals surface area contributed by atoms with Crippen LogP contribution < -0.4 is 0 Å². The van der Waals surface area contributed by atoms with E-state index in [-0.39, 0.29) is 11.3 Å². The van der Waals surface area contributed by atoms with E-state index in [9.17, 15) is 19.5 Å². The summed E-state index contributed by atoms with van der Waals surface area (Å²) in [5.74, 6) is -3.49. The molecular weight excluding hydrogens is 370 g/mol. The number of aliphatic carboxylic acids is 1. The molecule has 1 aliphatic heterocycles. The van der Waals surface area contributed by atoms with Crippen molar-refractivity contribution < 1.29 is 24.6 Å². The molecule has 6 nitrogen and oxygen atoms in total. The van der Waals surface area contributed by atoms with Gasteiger partial charge in [-0.2, -0.15) is 0 Å². The zero-order chi connectivity index (χ0) is 19.7. The van der Waals surface area contributed by atoms with Crippen LogP contribution in [0.4, 0.5) is 0 Å². The summed E-state index contributed by atoms with van der Waals surface area (Å²) in [6, 6.07) is 12.1. The second-order valence-electron chi connectivity index (χ2n) is 6.24. The standard InChI is InChI=1S/C20H16ClNO5/c1-11-2-4-13(5-3-11)18(25)16-17(12-6-8-14(21)9-7-12)22(10-15(23)24)20(27)19(16)26/h2-9,17,25H,10H2,1H3,(H,23,24)/b18-16-. The van der Waals surface area contributed by atoms with Gasteiger partial charge in [-0.15, -0.1) is 0 Å². The van der Waals surface area contributed by atoms with Crippen molar-refractivity contribution in [2.24, 2.45) is 0 Å². The molecule has 0 aromatic heterocycles. The Labute approximate surface area is 160 Å². The van der Waals surface area contributed by atoms with E-state index < -0.39 is 30.2 Å². The third-order valence-corrected chi connectivity index (χ3v) is 4.61. The highest BCUT2D eigenvalue weighted by atomic mass is 35.5. The molecule has 7 heteroatoms. The summed E-state index contributed by atoms with van der Waals surface area (Å²) in [6.07, 6.45) is 0. The molecule has 138 valence electrons. The van der Waals surface area contributed by atoms with Gasteiger partial charge in [-0.25, -0.2) is 0 Å². The Kier molecular flexibility index (Phi) is 5.01. The normalized spacial score (nSPS) is 18.7. The number of ketones is 1. The maximum atomic E-state index is 12.6. The summed E-state index contributed by atoms with van der Waals surface area (Å²) in [6.45, 7) is 1.21. The first-order valence-electron chi connectivity index (χ1n) is 8.12. The number of carboxylic acid groups (broad SMARTS) is 1. The molecule has 3 rings (SSSR count). The van der Waals surface area contributed by atoms with Crippen LogP contribution in [0.5, 0.6) is 0 Å². The second-order valence-corrected chi connectivity index (χ2v) is 6.67. The van der Waals surface area contributed by atoms with E-state index in [1.54, 1.807) is 48.5 Å². The molecule has 27 heavy (non-hydrogen) atoms. The molecule has 0 spiro atoms. The van der Waals surface area contributed by atoms with Crippen LogP contribution in [0.2, 0.25) is 5.02 Å². The third-order valence-electron chi connectivity index (χ3n) is 4.36. The van der Waals surface area contributed by atoms with Gasteiger partial charge >= 0.3 is 5.97 Å². The average molecular weight is 386 g/mol. The number of hydrogen-bond acceptors (Lipinski definition) is 4. The minimum Gasteiger partial charge on any atom is -0.507 e. The van der Waals surface area contributed by atoms with E-state index in [1.165, 1.54) is 0 Å². The van der Waals surface area contributed by atoms with Gasteiger partial charge in [0.1, 0.15) is 12.3 Å². The first-order chi connectivity index (χ1) is 12.8. The van der Waals surface area contributed by atoms with Crippen molar-refractivity contribution in [3.8, 4) is 0 Å². The lowest BCUT2D eigenvalue weighted by molar-refractivity contribution is -0.146. The third kappa shape index (κ3) is 3.57. The summed E-state index contributed by atoms with van der Waals surface area (Å²) >= 11 is 5.90. The van der Waals surface area contributed by atoms with Gasteiger partial charge in [0, 0.05) is 10.6 Å². The number of halogens is 1. The van der Waals surface area contributed by atoms with Crippen molar-refractivity contribution >= 4 is 35.0 Å². The maximum absolute atomic E-state index is 12.6. The van der Waals surface area contributed by atoms with E-state index >= 15 is 0 Å². The molecule has 1 saturated heterocycles. The molecule has 1 heterocycles. The van der Waals surface area contributed by atoms with E-state index in [2.05, 4.69) is 0 Å². The smallest absolute Gasteiger partial charge is 0.323 e. The summed E-state index contributed by atoms with van der Waals surface area (Å²) in [5, 5.41) is 20.3. The predicted octanol–water partition coefficient (Wildman–Crippen LogP) is 3.15. The van der Waals surface area contributed by atoms with Gasteiger partial charge in [0.15, 0.2) is 0 Å². The summed E-state index contributed by atoms with van der Waals surface area (Å²) in [7, 11) is 0. The number of hydrogen-bond donors (Lipinski definition) is 2. The molecule has 1 fully saturated rings. The molecule has 1 amide bonds. The van der Waals surface area contributed by atoms with Gasteiger partial charge in [-0.3, -0.25) is 14.4 Å². The van der Waals surface area contributed by atoms with E-state index in [1.807, 2.05) is 6.92 Å². The Morgan fingerprint density at radius 2 is 1.63 bits per heavy atom. The highest BCUT2D eigenvalue weighted by molar-refractivity contribution is 6.46. The van der Waals surface area contributed by atoms with Gasteiger partial charge in [0.05, 0.1) is 11.6 Å². The number of benzene rings is 2. The maximum Gasteiger partial charge on any atom is 0.323 e. The van der Waals surface area contributed by atoms with Gasteiger partial charge < -0.3 is 15.1 Å². The summed E-state index contributed by atoms with van der Waals surface area (Å²) < 4.78 is 0. The Morgan fingerprint density at radius 3 is 2.19 bits per heavy atom. The molecule has 0 aliphatic carbocycles. The first kappa shape index (κ1) is 18.7. The van der Waals surface area contributed by atoms with Gasteiger partial charge in [-0.1, -0.05) is 53.6 Å². The Hall–Kier alpha value is -3.12. The van der Waals surface area contributed by atoms with E-state index in [0.29, 0.717) is 16.1 Å². The van der Waals surface area contributed by atoms with E-state index in [0.717, 1.165) is 10.5 Å². The average Bonchev–Trinajstić information content (AvgIpc) is 2.87. The van der Waals surface area contributed by atoms with Crippen molar-refractivity contribution in [1.82, 2.24) is 4.90 Å². The van der Waals surface area contributed by atoms with Gasteiger partial charge in [0.25, 0.3) is 11.7 Å². The molecule has 1 unspecified atom stereocenters. The fourth-order valence-electron chi connectivity index (χ4n) is 3.05. The number of amides is 1. The molecule has 1 aliphatic rings. The number of Topliss-reactive ketones (excluding diaryl/α,β-unsaturated/α-hetero) is 1. The first-order valence-corrected chi connectivity index (χ1v) is 8.50. The molecule has 2 aromatic carbocycles. The van der Waals surface area contributed by atoms with Gasteiger partial charge in [-0.05, 0) is 24.6 Å². The fourth-order valence-corrected chi connectivity index (χ4v) is 3.17. The molecular formula is C20H16ClNO5. The van der Waals surface area contributed by atoms with E-state index in [4.69, 9.17) is 16.7 Å². The highest BCUT2D eigenvalue weighted by Crippen LogP contribution is 2.39. The lowest BCUT2D eigenvalue weighted by Crippen LogP contribution is -2.34. The van der Waals surface area contributed by atoms with Crippen LogP contribution in [0, 0.1) is 6.92 Å². The van der Waals surface area contributed by atoms with Crippen molar-refractivity contribution in [2.75, 3.05) is 6.54 Å². The second kappa shape index (κ2) is 7.25. The zero-order valence-electron chi connectivity index (χ0n) is 14.3. The monoisotopic (exact) mass is 385 g/mol. The van der Waals surface area contributed by atoms with Gasteiger partial charge in [0.2, 0.25) is 0 Å². The molecule has 2 aromatic rings. The van der Waals surface area contributed by atoms with Crippen molar-refractivity contribution in [1.29, 1.82) is 0 Å². The molecule has 0 saturated carbocycles. The number of carboxylic acids is 1. The Bertz CT molecular complexity index is 947. The number of likely N-dealkylation sites (tertiary alicyclic amines) is 1. The van der Waals surface area contributed by atoms with Crippen molar-refractivity contribution in [3.05, 3.63) is 75.8 Å². The number of aliphatic hydroxyl groups is 1.